The number of thiazole rings is 1. The quantitative estimate of drug-likeness (QED) is 0.767. The number of amides is 1. The molecule has 0 spiro atoms. The normalized spacial score (nSPS) is 16.3. The smallest absolute Gasteiger partial charge is 0.410 e. The van der Waals surface area contributed by atoms with Crippen molar-refractivity contribution < 1.29 is 9.53 Å². The van der Waals surface area contributed by atoms with Crippen molar-refractivity contribution in [3.8, 4) is 10.6 Å². The van der Waals surface area contributed by atoms with E-state index in [0.717, 1.165) is 46.1 Å². The zero-order chi connectivity index (χ0) is 18.5. The molecule has 0 radical (unpaired) electrons. The minimum atomic E-state index is -0.492. The first-order valence-electron chi connectivity index (χ1n) is 8.86. The maximum absolute atomic E-state index is 12.5. The highest BCUT2D eigenvalue weighted by atomic mass is 32.1. The summed E-state index contributed by atoms with van der Waals surface area (Å²) >= 11 is 3.33. The number of aromatic nitrogens is 1. The monoisotopic (exact) mass is 389 g/mol. The van der Waals surface area contributed by atoms with Crippen molar-refractivity contribution >= 4 is 39.8 Å². The van der Waals surface area contributed by atoms with Gasteiger partial charge in [0.1, 0.15) is 10.6 Å². The molecule has 7 heteroatoms. The molecule has 1 amide bonds. The fourth-order valence-electron chi connectivity index (χ4n) is 3.32. The largest absolute Gasteiger partial charge is 0.444 e. The molecule has 3 heterocycles. The van der Waals surface area contributed by atoms with Gasteiger partial charge in [0.2, 0.25) is 0 Å². The number of allylic oxidation sites excluding steroid dienone is 1. The van der Waals surface area contributed by atoms with Gasteiger partial charge in [-0.15, -0.1) is 22.7 Å². The van der Waals surface area contributed by atoms with Gasteiger partial charge in [0.25, 0.3) is 0 Å². The molecule has 1 aliphatic carbocycles. The van der Waals surface area contributed by atoms with Crippen LogP contribution in [0, 0.1) is 0 Å². The van der Waals surface area contributed by atoms with Gasteiger partial charge in [-0.1, -0.05) is 6.08 Å². The Bertz CT molecular complexity index is 889. The first-order valence-corrected chi connectivity index (χ1v) is 10.5. The Balaban J connectivity index is 1.66. The molecule has 1 aliphatic heterocycles. The number of aryl methyl sites for hydroxylation is 1. The summed E-state index contributed by atoms with van der Waals surface area (Å²) in [5.41, 5.74) is 9.19. The zero-order valence-corrected chi connectivity index (χ0v) is 16.9. The SMILES string of the molecule is CC(C)(C)OC(=O)N1CCc2sc(N)c(-c3nc4c(s3)C=CCC4)c2C1. The summed E-state index contributed by atoms with van der Waals surface area (Å²) in [6.07, 6.45) is 6.93. The molecule has 5 nitrogen and oxygen atoms in total. The van der Waals surface area contributed by atoms with Gasteiger partial charge < -0.3 is 15.4 Å². The van der Waals surface area contributed by atoms with Crippen molar-refractivity contribution in [1.29, 1.82) is 0 Å². The van der Waals surface area contributed by atoms with Crippen LogP contribution >= 0.6 is 22.7 Å². The first-order chi connectivity index (χ1) is 12.3. The average Bonchev–Trinajstić information content (AvgIpc) is 3.11. The van der Waals surface area contributed by atoms with Crippen LogP contribution in [0.4, 0.5) is 9.80 Å². The number of nitrogens with zero attached hydrogens (tertiary/aromatic N) is 2. The Morgan fingerprint density at radius 3 is 2.85 bits per heavy atom. The van der Waals surface area contributed by atoms with Crippen LogP contribution in [0.1, 0.15) is 48.2 Å². The van der Waals surface area contributed by atoms with E-state index in [-0.39, 0.29) is 6.09 Å². The number of fused-ring (bicyclic) bond motifs is 2. The second-order valence-corrected chi connectivity index (χ2v) is 9.83. The van der Waals surface area contributed by atoms with Crippen molar-refractivity contribution in [2.45, 2.75) is 52.2 Å². The van der Waals surface area contributed by atoms with Gasteiger partial charge in [0, 0.05) is 17.0 Å². The second-order valence-electron chi connectivity index (χ2n) is 7.67. The Morgan fingerprint density at radius 1 is 1.31 bits per heavy atom. The summed E-state index contributed by atoms with van der Waals surface area (Å²) in [7, 11) is 0. The van der Waals surface area contributed by atoms with Crippen LogP contribution in [-0.4, -0.2) is 28.1 Å². The van der Waals surface area contributed by atoms with E-state index in [4.69, 9.17) is 15.5 Å². The Hall–Kier alpha value is -1.86. The number of carbonyl (C=O) groups is 1. The molecular formula is C19H23N3O2S2. The topological polar surface area (TPSA) is 68.5 Å². The van der Waals surface area contributed by atoms with Crippen molar-refractivity contribution in [1.82, 2.24) is 9.88 Å². The molecule has 0 atom stereocenters. The number of thiophene rings is 1. The number of rotatable bonds is 1. The third-order valence-electron chi connectivity index (χ3n) is 4.49. The highest BCUT2D eigenvalue weighted by Gasteiger charge is 2.31. The summed E-state index contributed by atoms with van der Waals surface area (Å²) in [4.78, 5) is 21.6. The van der Waals surface area contributed by atoms with Gasteiger partial charge in [-0.3, -0.25) is 0 Å². The van der Waals surface area contributed by atoms with E-state index >= 15 is 0 Å². The Kier molecular flexibility index (Phi) is 4.31. The molecule has 2 aliphatic rings. The highest BCUT2D eigenvalue weighted by molar-refractivity contribution is 7.19. The molecule has 0 unspecified atom stereocenters. The van der Waals surface area contributed by atoms with Crippen molar-refractivity contribution in [2.24, 2.45) is 0 Å². The molecule has 2 aromatic rings. The molecule has 138 valence electrons. The lowest BCUT2D eigenvalue weighted by atomic mass is 10.0. The van der Waals surface area contributed by atoms with Crippen LogP contribution in [-0.2, 0) is 24.1 Å². The van der Waals surface area contributed by atoms with E-state index in [1.165, 1.54) is 9.75 Å². The molecule has 2 aromatic heterocycles. The van der Waals surface area contributed by atoms with Gasteiger partial charge in [0.15, 0.2) is 0 Å². The molecule has 0 saturated carbocycles. The zero-order valence-electron chi connectivity index (χ0n) is 15.3. The van der Waals surface area contributed by atoms with Gasteiger partial charge in [-0.2, -0.15) is 0 Å². The molecule has 0 bridgehead atoms. The number of carbonyl (C=O) groups excluding carboxylic acids is 1. The molecule has 0 fully saturated rings. The number of nitrogen functional groups attached to an aromatic ring is 1. The lowest BCUT2D eigenvalue weighted by Gasteiger charge is -2.30. The summed E-state index contributed by atoms with van der Waals surface area (Å²) in [6.45, 7) is 6.87. The highest BCUT2D eigenvalue weighted by Crippen LogP contribution is 2.44. The second kappa shape index (κ2) is 6.39. The van der Waals surface area contributed by atoms with E-state index in [2.05, 4.69) is 12.2 Å². The minimum Gasteiger partial charge on any atom is -0.444 e. The fourth-order valence-corrected chi connectivity index (χ4v) is 5.58. The van der Waals surface area contributed by atoms with Crippen LogP contribution in [0.2, 0.25) is 0 Å². The van der Waals surface area contributed by atoms with Gasteiger partial charge >= 0.3 is 6.09 Å². The number of hydrogen-bond acceptors (Lipinski definition) is 6. The minimum absolute atomic E-state index is 0.264. The van der Waals surface area contributed by atoms with E-state index < -0.39 is 5.60 Å². The maximum atomic E-state index is 12.5. The van der Waals surface area contributed by atoms with Gasteiger partial charge in [-0.25, -0.2) is 9.78 Å². The summed E-state index contributed by atoms with van der Waals surface area (Å²) in [6, 6.07) is 0. The van der Waals surface area contributed by atoms with Crippen LogP contribution in [0.5, 0.6) is 0 Å². The Labute approximate surface area is 161 Å². The fraction of sp³-hybridized carbons (Fsp3) is 0.474. The maximum Gasteiger partial charge on any atom is 0.410 e. The van der Waals surface area contributed by atoms with E-state index in [1.807, 2.05) is 20.8 Å². The molecule has 0 aromatic carbocycles. The van der Waals surface area contributed by atoms with E-state index in [0.29, 0.717) is 13.1 Å². The predicted octanol–water partition coefficient (Wildman–Crippen LogP) is 4.71. The molecule has 4 rings (SSSR count). The number of nitrogens with two attached hydrogens (primary N) is 1. The van der Waals surface area contributed by atoms with Crippen LogP contribution < -0.4 is 5.73 Å². The van der Waals surface area contributed by atoms with Crippen LogP contribution in [0.25, 0.3) is 16.6 Å². The molecule has 2 N–H and O–H groups in total. The average molecular weight is 390 g/mol. The lowest BCUT2D eigenvalue weighted by Crippen LogP contribution is -2.39. The van der Waals surface area contributed by atoms with Gasteiger partial charge in [0.05, 0.1) is 22.1 Å². The molecular weight excluding hydrogens is 366 g/mol. The Morgan fingerprint density at radius 2 is 2.12 bits per heavy atom. The van der Waals surface area contributed by atoms with Crippen molar-refractivity contribution in [3.63, 3.8) is 0 Å². The van der Waals surface area contributed by atoms with E-state index in [1.54, 1.807) is 27.6 Å². The number of hydrogen-bond donors (Lipinski definition) is 1. The van der Waals surface area contributed by atoms with Crippen molar-refractivity contribution in [3.05, 3.63) is 27.1 Å². The lowest BCUT2D eigenvalue weighted by molar-refractivity contribution is 0.0225. The van der Waals surface area contributed by atoms with Crippen molar-refractivity contribution in [2.75, 3.05) is 12.3 Å². The van der Waals surface area contributed by atoms with Gasteiger partial charge in [-0.05, 0) is 51.7 Å². The predicted molar refractivity (Wildman–Crippen MR) is 108 cm³/mol. The van der Waals surface area contributed by atoms with E-state index in [9.17, 15) is 4.79 Å². The summed E-state index contributed by atoms with van der Waals surface area (Å²) < 4.78 is 5.55. The standard InChI is InChI=1S/C19H23N3O2S2/c1-19(2,3)24-18(23)22-9-8-13-11(10-22)15(16(20)25-13)17-21-12-6-4-5-7-14(12)26-17/h5,7H,4,6,8-10,20H2,1-3H3. The van der Waals surface area contributed by atoms with Crippen LogP contribution in [0.15, 0.2) is 6.08 Å². The summed E-state index contributed by atoms with van der Waals surface area (Å²) in [5.74, 6) is 0. The number of anilines is 1. The molecule has 26 heavy (non-hydrogen) atoms. The first kappa shape index (κ1) is 17.5. The third kappa shape index (κ3) is 3.25. The third-order valence-corrected chi connectivity index (χ3v) is 6.69. The van der Waals surface area contributed by atoms with Crippen LogP contribution in [0.3, 0.4) is 0 Å². The number of ether oxygens (including phenoxy) is 1. The molecule has 0 saturated heterocycles. The summed E-state index contributed by atoms with van der Waals surface area (Å²) in [5, 5.41) is 1.78.